The SMILES string of the molecule is Cc1nn(-c2c(Cl)cc(C(F)(F)F)cc2Cl)nc1Sc1nc(C#N)c(C#N)[nH]1. The van der Waals surface area contributed by atoms with Crippen LogP contribution < -0.4 is 0 Å². The lowest BCUT2D eigenvalue weighted by molar-refractivity contribution is -0.137. The van der Waals surface area contributed by atoms with Gasteiger partial charge in [0, 0.05) is 0 Å². The van der Waals surface area contributed by atoms with Crippen molar-refractivity contribution in [1.29, 1.82) is 10.5 Å². The number of aryl methyl sites for hydroxylation is 1. The third kappa shape index (κ3) is 3.78. The van der Waals surface area contributed by atoms with Crippen molar-refractivity contribution in [3.63, 3.8) is 0 Å². The van der Waals surface area contributed by atoms with E-state index in [4.69, 9.17) is 33.7 Å². The molecule has 0 fully saturated rings. The number of imidazole rings is 1. The van der Waals surface area contributed by atoms with E-state index < -0.39 is 11.7 Å². The predicted molar refractivity (Wildman–Crippen MR) is 93.3 cm³/mol. The van der Waals surface area contributed by atoms with Gasteiger partial charge >= 0.3 is 6.18 Å². The molecule has 0 spiro atoms. The van der Waals surface area contributed by atoms with Crippen molar-refractivity contribution in [2.75, 3.05) is 0 Å². The molecule has 1 N–H and O–H groups in total. The number of nitriles is 2. The Kier molecular flexibility index (Phi) is 5.26. The predicted octanol–water partition coefficient (Wildman–Crippen LogP) is 4.52. The molecule has 0 atom stereocenters. The molecule has 0 amide bonds. The van der Waals surface area contributed by atoms with E-state index in [0.717, 1.165) is 28.7 Å². The van der Waals surface area contributed by atoms with Gasteiger partial charge in [0.1, 0.15) is 22.9 Å². The molecular formula is C15H6Cl2F3N7S. The van der Waals surface area contributed by atoms with E-state index in [0.29, 0.717) is 10.7 Å². The minimum absolute atomic E-state index is 0.00359. The van der Waals surface area contributed by atoms with E-state index in [-0.39, 0.29) is 32.3 Å². The number of benzene rings is 1. The van der Waals surface area contributed by atoms with Crippen LogP contribution in [0.1, 0.15) is 22.6 Å². The van der Waals surface area contributed by atoms with Crippen molar-refractivity contribution in [3.05, 3.63) is 44.8 Å². The van der Waals surface area contributed by atoms with Gasteiger partial charge in [-0.2, -0.15) is 28.8 Å². The minimum Gasteiger partial charge on any atom is -0.323 e. The third-order valence-electron chi connectivity index (χ3n) is 3.38. The fourth-order valence-electron chi connectivity index (χ4n) is 2.13. The summed E-state index contributed by atoms with van der Waals surface area (Å²) < 4.78 is 38.6. The van der Waals surface area contributed by atoms with Crippen LogP contribution in [-0.4, -0.2) is 25.0 Å². The van der Waals surface area contributed by atoms with Crippen LogP contribution in [0.5, 0.6) is 0 Å². The summed E-state index contributed by atoms with van der Waals surface area (Å²) in [5, 5.41) is 26.2. The van der Waals surface area contributed by atoms with Gasteiger partial charge in [-0.15, -0.1) is 9.90 Å². The van der Waals surface area contributed by atoms with E-state index >= 15 is 0 Å². The fourth-order valence-corrected chi connectivity index (χ4v) is 3.55. The summed E-state index contributed by atoms with van der Waals surface area (Å²) in [6, 6.07) is 5.06. The highest BCUT2D eigenvalue weighted by Crippen LogP contribution is 2.37. The van der Waals surface area contributed by atoms with Crippen molar-refractivity contribution < 1.29 is 13.2 Å². The molecule has 0 unspecified atom stereocenters. The van der Waals surface area contributed by atoms with Gasteiger partial charge in [0.15, 0.2) is 16.5 Å². The highest BCUT2D eigenvalue weighted by molar-refractivity contribution is 7.99. The molecule has 2 aromatic heterocycles. The first kappa shape index (κ1) is 20.0. The number of rotatable bonds is 3. The normalized spacial score (nSPS) is 11.3. The molecule has 142 valence electrons. The van der Waals surface area contributed by atoms with Crippen LogP contribution in [0.2, 0.25) is 10.0 Å². The van der Waals surface area contributed by atoms with Gasteiger partial charge in [0.25, 0.3) is 0 Å². The lowest BCUT2D eigenvalue weighted by atomic mass is 10.2. The Bertz CT molecular complexity index is 1100. The smallest absolute Gasteiger partial charge is 0.323 e. The van der Waals surface area contributed by atoms with Crippen LogP contribution in [0, 0.1) is 29.6 Å². The van der Waals surface area contributed by atoms with Crippen molar-refractivity contribution in [1.82, 2.24) is 25.0 Å². The Hall–Kier alpha value is -2.73. The molecule has 0 radical (unpaired) electrons. The first-order chi connectivity index (χ1) is 13.1. The van der Waals surface area contributed by atoms with E-state index in [1.807, 2.05) is 6.07 Å². The molecule has 3 rings (SSSR count). The zero-order valence-electron chi connectivity index (χ0n) is 13.6. The molecule has 3 aromatic rings. The largest absolute Gasteiger partial charge is 0.416 e. The van der Waals surface area contributed by atoms with Gasteiger partial charge in [0.05, 0.1) is 21.3 Å². The van der Waals surface area contributed by atoms with Crippen molar-refractivity contribution in [2.45, 2.75) is 23.3 Å². The lowest BCUT2D eigenvalue weighted by Gasteiger charge is -2.11. The second kappa shape index (κ2) is 7.36. The molecule has 28 heavy (non-hydrogen) atoms. The number of alkyl halides is 3. The molecule has 0 aliphatic heterocycles. The zero-order chi connectivity index (χ0) is 20.6. The average molecular weight is 444 g/mol. The third-order valence-corrected chi connectivity index (χ3v) is 4.91. The van der Waals surface area contributed by atoms with Crippen LogP contribution in [0.25, 0.3) is 5.69 Å². The van der Waals surface area contributed by atoms with Gasteiger partial charge < -0.3 is 4.98 Å². The van der Waals surface area contributed by atoms with Gasteiger partial charge in [-0.1, -0.05) is 23.2 Å². The van der Waals surface area contributed by atoms with Gasteiger partial charge in [-0.05, 0) is 30.8 Å². The summed E-state index contributed by atoms with van der Waals surface area (Å²) in [5.74, 6) is 0. The lowest BCUT2D eigenvalue weighted by Crippen LogP contribution is -2.08. The molecule has 0 aliphatic rings. The number of H-pyrrole nitrogens is 1. The summed E-state index contributed by atoms with van der Waals surface area (Å²) >= 11 is 12.9. The number of hydrogen-bond donors (Lipinski definition) is 1. The first-order valence-electron chi connectivity index (χ1n) is 7.22. The molecule has 0 saturated heterocycles. The quantitative estimate of drug-likeness (QED) is 0.637. The Morgan fingerprint density at radius 2 is 1.79 bits per heavy atom. The van der Waals surface area contributed by atoms with E-state index in [1.165, 1.54) is 0 Å². The average Bonchev–Trinajstić information content (AvgIpc) is 3.17. The summed E-state index contributed by atoms with van der Waals surface area (Å²) in [6.45, 7) is 1.61. The number of nitrogens with zero attached hydrogens (tertiary/aromatic N) is 6. The fraction of sp³-hybridized carbons (Fsp3) is 0.133. The number of hydrogen-bond acceptors (Lipinski definition) is 6. The highest BCUT2D eigenvalue weighted by atomic mass is 35.5. The highest BCUT2D eigenvalue weighted by Gasteiger charge is 2.32. The Labute approximate surface area is 169 Å². The molecule has 0 aliphatic carbocycles. The van der Waals surface area contributed by atoms with Gasteiger partial charge in [0.2, 0.25) is 0 Å². The molecule has 7 nitrogen and oxygen atoms in total. The van der Waals surface area contributed by atoms with Crippen LogP contribution in [0.4, 0.5) is 13.2 Å². The molecule has 2 heterocycles. The second-order valence-electron chi connectivity index (χ2n) is 5.26. The summed E-state index contributed by atoms with van der Waals surface area (Å²) in [4.78, 5) is 7.65. The standard InChI is InChI=1S/C15H6Cl2F3N7S/c1-6-13(28-14-23-10(4-21)11(5-22)24-14)26-27(25-6)12-8(16)2-7(3-9(12)17)15(18,19)20/h2-3H,1H3,(H,23,24). The Balaban J connectivity index is 1.98. The van der Waals surface area contributed by atoms with Crippen LogP contribution in [0.3, 0.4) is 0 Å². The zero-order valence-corrected chi connectivity index (χ0v) is 16.0. The summed E-state index contributed by atoms with van der Waals surface area (Å²) in [6.07, 6.45) is -4.60. The van der Waals surface area contributed by atoms with Crippen molar-refractivity contribution in [3.8, 4) is 17.8 Å². The van der Waals surface area contributed by atoms with Crippen LogP contribution >= 0.6 is 35.0 Å². The van der Waals surface area contributed by atoms with E-state index in [2.05, 4.69) is 20.2 Å². The number of halogens is 5. The molecule has 1 aromatic carbocycles. The summed E-state index contributed by atoms with van der Waals surface area (Å²) in [7, 11) is 0. The maximum atomic E-state index is 12.9. The van der Waals surface area contributed by atoms with E-state index in [9.17, 15) is 13.2 Å². The van der Waals surface area contributed by atoms with Crippen molar-refractivity contribution >= 4 is 35.0 Å². The first-order valence-corrected chi connectivity index (χ1v) is 8.80. The topological polar surface area (TPSA) is 107 Å². The maximum Gasteiger partial charge on any atom is 0.416 e. The molecular weight excluding hydrogens is 438 g/mol. The molecule has 0 bridgehead atoms. The van der Waals surface area contributed by atoms with Crippen LogP contribution in [-0.2, 0) is 6.18 Å². The van der Waals surface area contributed by atoms with E-state index in [1.54, 1.807) is 13.0 Å². The number of aromatic amines is 1. The summed E-state index contributed by atoms with van der Waals surface area (Å²) in [5.41, 5.74) is -0.660. The second-order valence-corrected chi connectivity index (χ2v) is 7.05. The molecule has 13 heteroatoms. The van der Waals surface area contributed by atoms with Gasteiger partial charge in [-0.3, -0.25) is 0 Å². The number of aromatic nitrogens is 5. The monoisotopic (exact) mass is 443 g/mol. The maximum absolute atomic E-state index is 12.9. The number of nitrogens with one attached hydrogen (secondary N) is 1. The Morgan fingerprint density at radius 1 is 1.14 bits per heavy atom. The van der Waals surface area contributed by atoms with Crippen LogP contribution in [0.15, 0.2) is 22.3 Å². The molecule has 0 saturated carbocycles. The minimum atomic E-state index is -4.60. The van der Waals surface area contributed by atoms with Gasteiger partial charge in [-0.25, -0.2) is 4.98 Å². The Morgan fingerprint density at radius 3 is 2.29 bits per heavy atom. The van der Waals surface area contributed by atoms with Crippen molar-refractivity contribution in [2.24, 2.45) is 0 Å².